The number of hydrogen-bond acceptors (Lipinski definition) is 2. The SMILES string of the molecule is CN(C(=O)NCC1CCCCC1)C1CCN(Cc2ccccc2)CC1. The molecular formula is C21H33N3O. The molecule has 1 saturated heterocycles. The Kier molecular flexibility index (Phi) is 6.74. The van der Waals surface area contributed by atoms with Crippen LogP contribution in [0.2, 0.25) is 0 Å². The summed E-state index contributed by atoms with van der Waals surface area (Å²) in [5.74, 6) is 0.693. The van der Waals surface area contributed by atoms with E-state index in [1.807, 2.05) is 11.9 Å². The number of amides is 2. The Hall–Kier alpha value is -1.55. The van der Waals surface area contributed by atoms with Gasteiger partial charge in [0, 0.05) is 39.3 Å². The van der Waals surface area contributed by atoms with Gasteiger partial charge in [-0.2, -0.15) is 0 Å². The van der Waals surface area contributed by atoms with Gasteiger partial charge in [0.1, 0.15) is 0 Å². The van der Waals surface area contributed by atoms with Gasteiger partial charge in [0.15, 0.2) is 0 Å². The van der Waals surface area contributed by atoms with Crippen LogP contribution >= 0.6 is 0 Å². The standard InChI is InChI=1S/C21H33N3O/c1-23(21(25)22-16-18-8-4-2-5-9-18)20-12-14-24(15-13-20)17-19-10-6-3-7-11-19/h3,6-7,10-11,18,20H,2,4-5,8-9,12-17H2,1H3,(H,22,25). The number of likely N-dealkylation sites (tertiary alicyclic amines) is 1. The molecule has 4 heteroatoms. The van der Waals surface area contributed by atoms with Crippen molar-refractivity contribution in [2.24, 2.45) is 5.92 Å². The third-order valence-electron chi connectivity index (χ3n) is 5.94. The first-order valence-corrected chi connectivity index (χ1v) is 9.99. The Labute approximate surface area is 152 Å². The molecule has 0 atom stereocenters. The smallest absolute Gasteiger partial charge is 0.317 e. The maximum absolute atomic E-state index is 12.5. The third-order valence-corrected chi connectivity index (χ3v) is 5.94. The van der Waals surface area contributed by atoms with Crippen molar-refractivity contribution < 1.29 is 4.79 Å². The molecule has 1 aliphatic carbocycles. The molecule has 1 aromatic rings. The fourth-order valence-electron chi connectivity index (χ4n) is 4.22. The second-order valence-corrected chi connectivity index (χ2v) is 7.79. The van der Waals surface area contributed by atoms with Crippen LogP contribution < -0.4 is 5.32 Å². The molecule has 2 fully saturated rings. The number of rotatable bonds is 5. The van der Waals surface area contributed by atoms with E-state index in [1.54, 1.807) is 0 Å². The highest BCUT2D eigenvalue weighted by Gasteiger charge is 2.25. The van der Waals surface area contributed by atoms with Crippen molar-refractivity contribution >= 4 is 6.03 Å². The van der Waals surface area contributed by atoms with Crippen molar-refractivity contribution in [2.45, 2.75) is 57.5 Å². The van der Waals surface area contributed by atoms with Crippen LogP contribution in [0.4, 0.5) is 4.79 Å². The van der Waals surface area contributed by atoms with E-state index in [1.165, 1.54) is 37.7 Å². The summed E-state index contributed by atoms with van der Waals surface area (Å²) in [6.07, 6.45) is 8.72. The van der Waals surface area contributed by atoms with E-state index >= 15 is 0 Å². The molecule has 2 aliphatic rings. The summed E-state index contributed by atoms with van der Waals surface area (Å²) < 4.78 is 0. The monoisotopic (exact) mass is 343 g/mol. The van der Waals surface area contributed by atoms with Crippen molar-refractivity contribution in [1.29, 1.82) is 0 Å². The summed E-state index contributed by atoms with van der Waals surface area (Å²) in [6, 6.07) is 11.1. The van der Waals surface area contributed by atoms with Crippen LogP contribution in [0.25, 0.3) is 0 Å². The number of nitrogens with zero attached hydrogens (tertiary/aromatic N) is 2. The molecule has 1 N–H and O–H groups in total. The Morgan fingerprint density at radius 3 is 2.44 bits per heavy atom. The van der Waals surface area contributed by atoms with E-state index in [9.17, 15) is 4.79 Å². The Balaban J connectivity index is 1.38. The van der Waals surface area contributed by atoms with Crippen molar-refractivity contribution in [3.05, 3.63) is 35.9 Å². The molecular weight excluding hydrogens is 310 g/mol. The fourth-order valence-corrected chi connectivity index (χ4v) is 4.22. The fraction of sp³-hybridized carbons (Fsp3) is 0.667. The van der Waals surface area contributed by atoms with Crippen LogP contribution in [-0.2, 0) is 6.54 Å². The minimum Gasteiger partial charge on any atom is -0.338 e. The molecule has 4 nitrogen and oxygen atoms in total. The summed E-state index contributed by atoms with van der Waals surface area (Å²) in [5, 5.41) is 3.17. The molecule has 138 valence electrons. The molecule has 2 amide bonds. The van der Waals surface area contributed by atoms with Crippen LogP contribution in [0.15, 0.2) is 30.3 Å². The first-order chi connectivity index (χ1) is 12.2. The summed E-state index contributed by atoms with van der Waals surface area (Å²) in [4.78, 5) is 16.9. The highest BCUT2D eigenvalue weighted by molar-refractivity contribution is 5.74. The van der Waals surface area contributed by atoms with Gasteiger partial charge >= 0.3 is 6.03 Å². The molecule has 1 aliphatic heterocycles. The van der Waals surface area contributed by atoms with Crippen LogP contribution in [-0.4, -0.2) is 48.6 Å². The lowest BCUT2D eigenvalue weighted by Crippen LogP contribution is -2.49. The molecule has 0 aromatic heterocycles. The molecule has 0 radical (unpaired) electrons. The normalized spacial score (nSPS) is 20.4. The number of carbonyl (C=O) groups excluding carboxylic acids is 1. The average Bonchev–Trinajstić information content (AvgIpc) is 2.68. The van der Waals surface area contributed by atoms with Crippen LogP contribution in [0, 0.1) is 5.92 Å². The number of urea groups is 1. The van der Waals surface area contributed by atoms with Crippen LogP contribution in [0.3, 0.4) is 0 Å². The maximum atomic E-state index is 12.5. The largest absolute Gasteiger partial charge is 0.338 e. The molecule has 0 spiro atoms. The van der Waals surface area contributed by atoms with Gasteiger partial charge in [-0.1, -0.05) is 49.6 Å². The Bertz CT molecular complexity index is 519. The number of carbonyl (C=O) groups is 1. The third kappa shape index (κ3) is 5.46. The molecule has 1 aromatic carbocycles. The first-order valence-electron chi connectivity index (χ1n) is 9.99. The number of hydrogen-bond donors (Lipinski definition) is 1. The van der Waals surface area contributed by atoms with E-state index < -0.39 is 0 Å². The maximum Gasteiger partial charge on any atom is 0.317 e. The Morgan fingerprint density at radius 2 is 1.76 bits per heavy atom. The second-order valence-electron chi connectivity index (χ2n) is 7.79. The van der Waals surface area contributed by atoms with Crippen LogP contribution in [0.1, 0.15) is 50.5 Å². The quantitative estimate of drug-likeness (QED) is 0.881. The lowest BCUT2D eigenvalue weighted by molar-refractivity contribution is 0.130. The summed E-state index contributed by atoms with van der Waals surface area (Å²) in [5.41, 5.74) is 1.37. The topological polar surface area (TPSA) is 35.6 Å². The van der Waals surface area contributed by atoms with Gasteiger partial charge in [0.25, 0.3) is 0 Å². The van der Waals surface area contributed by atoms with Gasteiger partial charge in [-0.05, 0) is 37.2 Å². The first kappa shape index (κ1) is 18.2. The number of benzene rings is 1. The van der Waals surface area contributed by atoms with Crippen molar-refractivity contribution in [3.63, 3.8) is 0 Å². The van der Waals surface area contributed by atoms with E-state index in [2.05, 4.69) is 40.5 Å². The zero-order valence-corrected chi connectivity index (χ0v) is 15.6. The highest BCUT2D eigenvalue weighted by atomic mass is 16.2. The summed E-state index contributed by atoms with van der Waals surface area (Å²) in [6.45, 7) is 4.01. The minimum atomic E-state index is 0.118. The minimum absolute atomic E-state index is 0.118. The molecule has 1 heterocycles. The second kappa shape index (κ2) is 9.23. The number of piperidine rings is 1. The predicted molar refractivity (Wildman–Crippen MR) is 102 cm³/mol. The van der Waals surface area contributed by atoms with Gasteiger partial charge < -0.3 is 10.2 Å². The van der Waals surface area contributed by atoms with Gasteiger partial charge in [0.05, 0.1) is 0 Å². The number of nitrogens with one attached hydrogen (secondary N) is 1. The molecule has 25 heavy (non-hydrogen) atoms. The van der Waals surface area contributed by atoms with Crippen molar-refractivity contribution in [3.8, 4) is 0 Å². The Morgan fingerprint density at radius 1 is 1.08 bits per heavy atom. The van der Waals surface area contributed by atoms with E-state index in [0.717, 1.165) is 39.0 Å². The average molecular weight is 344 g/mol. The zero-order valence-electron chi connectivity index (χ0n) is 15.6. The zero-order chi connectivity index (χ0) is 17.5. The summed E-state index contributed by atoms with van der Waals surface area (Å²) >= 11 is 0. The van der Waals surface area contributed by atoms with Gasteiger partial charge in [-0.3, -0.25) is 4.90 Å². The molecule has 1 saturated carbocycles. The van der Waals surface area contributed by atoms with Gasteiger partial charge in [-0.25, -0.2) is 4.79 Å². The summed E-state index contributed by atoms with van der Waals surface area (Å²) in [7, 11) is 1.97. The van der Waals surface area contributed by atoms with Gasteiger partial charge in [-0.15, -0.1) is 0 Å². The van der Waals surface area contributed by atoms with E-state index in [-0.39, 0.29) is 6.03 Å². The molecule has 0 unspecified atom stereocenters. The van der Waals surface area contributed by atoms with Crippen molar-refractivity contribution in [1.82, 2.24) is 15.1 Å². The van der Waals surface area contributed by atoms with Crippen molar-refractivity contribution in [2.75, 3.05) is 26.7 Å². The van der Waals surface area contributed by atoms with Gasteiger partial charge in [0.2, 0.25) is 0 Å². The van der Waals surface area contributed by atoms with E-state index in [0.29, 0.717) is 12.0 Å². The molecule has 3 rings (SSSR count). The van der Waals surface area contributed by atoms with E-state index in [4.69, 9.17) is 0 Å². The highest BCUT2D eigenvalue weighted by Crippen LogP contribution is 2.23. The van der Waals surface area contributed by atoms with Crippen LogP contribution in [0.5, 0.6) is 0 Å². The lowest BCUT2D eigenvalue weighted by atomic mass is 9.89. The lowest BCUT2D eigenvalue weighted by Gasteiger charge is -2.37. The molecule has 0 bridgehead atoms. The predicted octanol–water partition coefficient (Wildman–Crippen LogP) is 3.87.